The van der Waals surface area contributed by atoms with Crippen LogP contribution in [0.4, 0.5) is 13.2 Å². The molecule has 0 spiro atoms. The normalized spacial score (nSPS) is 13.5. The number of rotatable bonds is 4. The van der Waals surface area contributed by atoms with Gasteiger partial charge in [0.25, 0.3) is 0 Å². The van der Waals surface area contributed by atoms with Crippen molar-refractivity contribution in [2.75, 3.05) is 12.0 Å². The summed E-state index contributed by atoms with van der Waals surface area (Å²) in [5.41, 5.74) is 3.90. The third-order valence-electron chi connectivity index (χ3n) is 2.42. The van der Waals surface area contributed by atoms with E-state index in [1.807, 2.05) is 0 Å². The molecule has 1 unspecified atom stereocenters. The monoisotopic (exact) mass is 250 g/mol. The van der Waals surface area contributed by atoms with Gasteiger partial charge in [0.2, 0.25) is 0 Å². The van der Waals surface area contributed by atoms with Crippen LogP contribution in [0.5, 0.6) is 0 Å². The van der Waals surface area contributed by atoms with E-state index in [-0.39, 0.29) is 0 Å². The zero-order valence-corrected chi connectivity index (χ0v) is 9.38. The molecule has 4 nitrogen and oxygen atoms in total. The summed E-state index contributed by atoms with van der Waals surface area (Å²) >= 11 is 0. The van der Waals surface area contributed by atoms with Crippen molar-refractivity contribution in [3.8, 4) is 0 Å². The summed E-state index contributed by atoms with van der Waals surface area (Å²) in [4.78, 5) is 10.5. The van der Waals surface area contributed by atoms with E-state index < -0.39 is 24.6 Å². The van der Waals surface area contributed by atoms with Crippen LogP contribution in [0.25, 0.3) is 0 Å². The van der Waals surface area contributed by atoms with Crippen LogP contribution in [0.2, 0.25) is 0 Å². The molecule has 0 aliphatic heterocycles. The predicted molar refractivity (Wildman–Crippen MR) is 55.3 cm³/mol. The number of carbonyl (C=O) groups is 1. The van der Waals surface area contributed by atoms with Gasteiger partial charge in [0.1, 0.15) is 0 Å². The van der Waals surface area contributed by atoms with E-state index in [0.717, 1.165) is 0 Å². The lowest BCUT2D eigenvalue weighted by Gasteiger charge is -2.19. The Balaban J connectivity index is 2.75. The Bertz CT molecular complexity index is 393. The average Bonchev–Trinajstić information content (AvgIpc) is 2.46. The number of carboxylic acids is 1. The summed E-state index contributed by atoms with van der Waals surface area (Å²) < 4.78 is 38.5. The molecule has 0 aromatic carbocycles. The molecule has 0 aliphatic rings. The Morgan fingerprint density at radius 1 is 1.41 bits per heavy atom. The molecule has 1 aromatic heterocycles. The number of aryl methyl sites for hydroxylation is 2. The molecule has 1 atom stereocenters. The molecule has 17 heavy (non-hydrogen) atoms. The Hall–Kier alpha value is -1.66. The third-order valence-corrected chi connectivity index (χ3v) is 2.42. The van der Waals surface area contributed by atoms with Crippen LogP contribution >= 0.6 is 0 Å². The smallest absolute Gasteiger partial charge is 0.403 e. The van der Waals surface area contributed by atoms with Crippen LogP contribution < -0.4 is 5.43 Å². The first-order valence-electron chi connectivity index (χ1n) is 4.92. The van der Waals surface area contributed by atoms with E-state index in [4.69, 9.17) is 5.11 Å². The molecular weight excluding hydrogens is 237 g/mol. The first kappa shape index (κ1) is 13.4. The minimum atomic E-state index is -4.76. The Morgan fingerprint density at radius 3 is 2.24 bits per heavy atom. The lowest BCUT2D eigenvalue weighted by molar-refractivity contribution is -0.190. The molecule has 0 amide bonds. The highest BCUT2D eigenvalue weighted by Gasteiger charge is 2.45. The van der Waals surface area contributed by atoms with Crippen LogP contribution in [0.3, 0.4) is 0 Å². The highest BCUT2D eigenvalue weighted by molar-refractivity contribution is 5.71. The van der Waals surface area contributed by atoms with Gasteiger partial charge in [0.15, 0.2) is 5.92 Å². The lowest BCUT2D eigenvalue weighted by Crippen LogP contribution is -2.38. The minimum absolute atomic E-state index is 0.699. The molecule has 0 saturated heterocycles. The second kappa shape index (κ2) is 4.68. The quantitative estimate of drug-likeness (QED) is 0.858. The van der Waals surface area contributed by atoms with Crippen molar-refractivity contribution in [1.82, 2.24) is 4.68 Å². The number of nitrogens with one attached hydrogen (secondary N) is 1. The number of halogens is 3. The maximum Gasteiger partial charge on any atom is 0.403 e. The highest BCUT2D eigenvalue weighted by Crippen LogP contribution is 2.26. The zero-order valence-electron chi connectivity index (χ0n) is 9.38. The van der Waals surface area contributed by atoms with Crippen molar-refractivity contribution >= 4 is 5.97 Å². The van der Waals surface area contributed by atoms with Crippen LogP contribution in [-0.2, 0) is 4.79 Å². The van der Waals surface area contributed by atoms with E-state index in [1.165, 1.54) is 4.68 Å². The summed E-state index contributed by atoms with van der Waals surface area (Å²) in [5, 5.41) is 8.51. The number of carboxylic acid groups (broad SMARTS) is 1. The summed E-state index contributed by atoms with van der Waals surface area (Å²) in [7, 11) is 0. The van der Waals surface area contributed by atoms with Gasteiger partial charge in [-0.3, -0.25) is 9.47 Å². The fraction of sp³-hybridized carbons (Fsp3) is 0.500. The van der Waals surface area contributed by atoms with Crippen molar-refractivity contribution in [3.05, 3.63) is 23.5 Å². The van der Waals surface area contributed by atoms with Gasteiger partial charge in [-0.1, -0.05) is 0 Å². The Morgan fingerprint density at radius 2 is 1.88 bits per heavy atom. The van der Waals surface area contributed by atoms with Gasteiger partial charge >= 0.3 is 12.1 Å². The molecule has 2 N–H and O–H groups in total. The number of aliphatic carboxylic acids is 1. The maximum atomic E-state index is 12.4. The summed E-state index contributed by atoms with van der Waals surface area (Å²) in [5.74, 6) is -4.30. The molecule has 0 saturated carbocycles. The second-order valence-corrected chi connectivity index (χ2v) is 3.75. The molecular formula is C10H13F3N2O2. The lowest BCUT2D eigenvalue weighted by atomic mass is 10.1. The largest absolute Gasteiger partial charge is 0.481 e. The van der Waals surface area contributed by atoms with Crippen LogP contribution in [0, 0.1) is 19.8 Å². The van der Waals surface area contributed by atoms with Crippen molar-refractivity contribution in [2.24, 2.45) is 5.92 Å². The van der Waals surface area contributed by atoms with E-state index in [9.17, 15) is 18.0 Å². The first-order valence-corrected chi connectivity index (χ1v) is 4.92. The number of aromatic nitrogens is 1. The van der Waals surface area contributed by atoms with Gasteiger partial charge in [-0.15, -0.1) is 0 Å². The number of nitrogens with zero attached hydrogens (tertiary/aromatic N) is 1. The minimum Gasteiger partial charge on any atom is -0.481 e. The number of hydrogen-bond acceptors (Lipinski definition) is 2. The fourth-order valence-corrected chi connectivity index (χ4v) is 1.44. The molecule has 1 rings (SSSR count). The van der Waals surface area contributed by atoms with Gasteiger partial charge in [-0.05, 0) is 26.0 Å². The van der Waals surface area contributed by atoms with Crippen molar-refractivity contribution in [2.45, 2.75) is 20.0 Å². The number of alkyl halides is 3. The van der Waals surface area contributed by atoms with Gasteiger partial charge < -0.3 is 10.5 Å². The summed E-state index contributed by atoms with van der Waals surface area (Å²) in [6.07, 6.45) is -4.76. The van der Waals surface area contributed by atoms with E-state index in [0.29, 0.717) is 11.4 Å². The molecule has 0 radical (unpaired) electrons. The molecule has 96 valence electrons. The zero-order chi connectivity index (χ0) is 13.2. The highest BCUT2D eigenvalue weighted by atomic mass is 19.4. The molecule has 1 aromatic rings. The van der Waals surface area contributed by atoms with Gasteiger partial charge in [0, 0.05) is 11.4 Å². The molecule has 7 heteroatoms. The molecule has 0 bridgehead atoms. The van der Waals surface area contributed by atoms with Crippen molar-refractivity contribution in [1.29, 1.82) is 0 Å². The van der Waals surface area contributed by atoms with Crippen molar-refractivity contribution in [3.63, 3.8) is 0 Å². The van der Waals surface area contributed by atoms with E-state index >= 15 is 0 Å². The molecule has 0 aliphatic carbocycles. The number of hydrogen-bond donors (Lipinski definition) is 2. The van der Waals surface area contributed by atoms with E-state index in [1.54, 1.807) is 26.0 Å². The Labute approximate surface area is 96.0 Å². The third kappa shape index (κ3) is 3.15. The van der Waals surface area contributed by atoms with Crippen molar-refractivity contribution < 1.29 is 23.1 Å². The summed E-state index contributed by atoms with van der Waals surface area (Å²) in [6, 6.07) is 3.46. The van der Waals surface area contributed by atoms with Crippen LogP contribution in [0.15, 0.2) is 12.1 Å². The maximum absolute atomic E-state index is 12.4. The first-order chi connectivity index (χ1) is 7.73. The topological polar surface area (TPSA) is 54.3 Å². The van der Waals surface area contributed by atoms with Crippen LogP contribution in [0.1, 0.15) is 11.4 Å². The molecule has 1 heterocycles. The van der Waals surface area contributed by atoms with Gasteiger partial charge in [0.05, 0.1) is 6.54 Å². The van der Waals surface area contributed by atoms with Gasteiger partial charge in [-0.25, -0.2) is 0 Å². The molecule has 0 fully saturated rings. The standard InChI is InChI=1S/C10H13F3N2O2/c1-6-3-4-7(2)15(6)14-5-8(9(16)17)10(11,12)13/h3-4,8,14H,5H2,1-2H3,(H,16,17). The van der Waals surface area contributed by atoms with E-state index in [2.05, 4.69) is 5.43 Å². The van der Waals surface area contributed by atoms with Gasteiger partial charge in [-0.2, -0.15) is 13.2 Å². The predicted octanol–water partition coefficient (Wildman–Crippen LogP) is 1.91. The average molecular weight is 250 g/mol. The van der Waals surface area contributed by atoms with Crippen LogP contribution in [-0.4, -0.2) is 28.5 Å². The fourth-order valence-electron chi connectivity index (χ4n) is 1.44. The summed E-state index contributed by atoms with van der Waals surface area (Å²) in [6.45, 7) is 2.72. The SMILES string of the molecule is Cc1ccc(C)n1NCC(C(=O)O)C(F)(F)F. The Kier molecular flexibility index (Phi) is 3.69. The second-order valence-electron chi connectivity index (χ2n) is 3.75.